The third kappa shape index (κ3) is 2.96. The molecular weight excluding hydrogens is 266 g/mol. The van der Waals surface area contributed by atoms with Crippen molar-refractivity contribution in [2.24, 2.45) is 5.92 Å². The molecule has 0 aromatic carbocycles. The summed E-state index contributed by atoms with van der Waals surface area (Å²) in [6.45, 7) is 10.3. The van der Waals surface area contributed by atoms with Gasteiger partial charge in [-0.15, -0.1) is 0 Å². The maximum absolute atomic E-state index is 12.2. The maximum Gasteiger partial charge on any atom is 0.307 e. The molecule has 0 N–H and O–H groups in total. The van der Waals surface area contributed by atoms with Gasteiger partial charge in [0, 0.05) is 38.3 Å². The van der Waals surface area contributed by atoms with Crippen molar-refractivity contribution in [2.45, 2.75) is 31.7 Å². The minimum atomic E-state index is -0.00909. The second-order valence-corrected chi connectivity index (χ2v) is 6.93. The molecule has 0 aliphatic carbocycles. The number of rotatable bonds is 4. The van der Waals surface area contributed by atoms with Gasteiger partial charge in [0.15, 0.2) is 0 Å². The summed E-state index contributed by atoms with van der Waals surface area (Å²) >= 11 is 0. The molecule has 0 aromatic heterocycles. The van der Waals surface area contributed by atoms with Crippen LogP contribution in [0.2, 0.25) is 0 Å². The molecule has 0 saturated carbocycles. The summed E-state index contributed by atoms with van der Waals surface area (Å²) < 4.78 is 5.29. The molecule has 0 amide bonds. The zero-order valence-corrected chi connectivity index (χ0v) is 13.5. The lowest BCUT2D eigenvalue weighted by Crippen LogP contribution is -2.70. The van der Waals surface area contributed by atoms with Crippen molar-refractivity contribution in [1.82, 2.24) is 14.7 Å². The molecule has 4 heterocycles. The van der Waals surface area contributed by atoms with E-state index in [0.29, 0.717) is 18.9 Å². The van der Waals surface area contributed by atoms with Gasteiger partial charge in [-0.3, -0.25) is 9.69 Å². The zero-order chi connectivity index (χ0) is 14.9. The van der Waals surface area contributed by atoms with Gasteiger partial charge in [-0.2, -0.15) is 0 Å². The topological polar surface area (TPSA) is 36.0 Å². The number of hydrogen-bond donors (Lipinski definition) is 0. The monoisotopic (exact) mass is 295 g/mol. The number of carbonyl (C=O) groups is 1. The number of esters is 1. The minimum Gasteiger partial charge on any atom is -0.466 e. The number of ether oxygens (including phenoxy) is 1. The van der Waals surface area contributed by atoms with Crippen molar-refractivity contribution in [1.29, 1.82) is 0 Å². The Kier molecular flexibility index (Phi) is 4.52. The number of piperazine rings is 1. The molecule has 1 atom stereocenters. The van der Waals surface area contributed by atoms with Crippen LogP contribution in [0.3, 0.4) is 0 Å². The van der Waals surface area contributed by atoms with Gasteiger partial charge in [0.05, 0.1) is 13.0 Å². The molecule has 4 rings (SSSR count). The van der Waals surface area contributed by atoms with Gasteiger partial charge in [0.2, 0.25) is 0 Å². The first-order valence-corrected chi connectivity index (χ1v) is 8.45. The molecule has 4 saturated heterocycles. The van der Waals surface area contributed by atoms with Crippen LogP contribution in [0, 0.1) is 5.92 Å². The van der Waals surface area contributed by atoms with Gasteiger partial charge in [0.25, 0.3) is 0 Å². The van der Waals surface area contributed by atoms with Crippen LogP contribution in [-0.4, -0.2) is 85.7 Å². The Hall–Kier alpha value is -0.650. The molecule has 4 aliphatic rings. The lowest BCUT2D eigenvalue weighted by molar-refractivity contribution is -0.154. The number of likely N-dealkylation sites (N-methyl/N-ethyl adjacent to an activating group) is 1. The standard InChI is InChI=1S/C16H29N3O2/c1-3-21-15(20)12-16(19-10-8-17(2)9-11-19)13-18-6-4-14(16)5-7-18/h14H,3-13H2,1-2H3. The van der Waals surface area contributed by atoms with Gasteiger partial charge >= 0.3 is 5.97 Å². The molecular formula is C16H29N3O2. The quantitative estimate of drug-likeness (QED) is 0.712. The van der Waals surface area contributed by atoms with Gasteiger partial charge in [0.1, 0.15) is 0 Å². The van der Waals surface area contributed by atoms with Crippen LogP contribution >= 0.6 is 0 Å². The summed E-state index contributed by atoms with van der Waals surface area (Å²) in [6.07, 6.45) is 3.06. The van der Waals surface area contributed by atoms with E-state index in [1.807, 2.05) is 6.92 Å². The lowest BCUT2D eigenvalue weighted by atomic mass is 9.69. The Bertz CT molecular complexity index is 374. The third-order valence-electron chi connectivity index (χ3n) is 5.73. The fourth-order valence-electron chi connectivity index (χ4n) is 4.53. The highest BCUT2D eigenvalue weighted by Crippen LogP contribution is 2.42. The Morgan fingerprint density at radius 2 is 1.81 bits per heavy atom. The van der Waals surface area contributed by atoms with Gasteiger partial charge in [-0.05, 0) is 45.8 Å². The number of hydrogen-bond acceptors (Lipinski definition) is 5. The molecule has 4 aliphatic heterocycles. The van der Waals surface area contributed by atoms with Crippen molar-refractivity contribution in [3.63, 3.8) is 0 Å². The van der Waals surface area contributed by atoms with Crippen molar-refractivity contribution in [2.75, 3.05) is 59.5 Å². The number of nitrogens with zero attached hydrogens (tertiary/aromatic N) is 3. The van der Waals surface area contributed by atoms with Gasteiger partial charge < -0.3 is 14.5 Å². The van der Waals surface area contributed by atoms with Crippen LogP contribution in [0.4, 0.5) is 0 Å². The Morgan fingerprint density at radius 1 is 1.14 bits per heavy atom. The second kappa shape index (κ2) is 6.23. The molecule has 5 nitrogen and oxygen atoms in total. The molecule has 1 unspecified atom stereocenters. The summed E-state index contributed by atoms with van der Waals surface area (Å²) in [6, 6.07) is 0. The highest BCUT2D eigenvalue weighted by atomic mass is 16.5. The average Bonchev–Trinajstić information content (AvgIpc) is 2.49. The molecule has 0 radical (unpaired) electrons. The predicted octanol–water partition coefficient (Wildman–Crippen LogP) is 0.651. The number of fused-ring (bicyclic) bond motifs is 3. The van der Waals surface area contributed by atoms with Crippen molar-refractivity contribution < 1.29 is 9.53 Å². The first-order chi connectivity index (χ1) is 10.1. The average molecular weight is 295 g/mol. The van der Waals surface area contributed by atoms with E-state index >= 15 is 0 Å². The van der Waals surface area contributed by atoms with E-state index in [4.69, 9.17) is 4.74 Å². The van der Waals surface area contributed by atoms with Crippen LogP contribution in [0.1, 0.15) is 26.2 Å². The summed E-state index contributed by atoms with van der Waals surface area (Å²) in [7, 11) is 2.19. The van der Waals surface area contributed by atoms with Gasteiger partial charge in [-0.1, -0.05) is 0 Å². The summed E-state index contributed by atoms with van der Waals surface area (Å²) in [5.74, 6) is 0.653. The fraction of sp³-hybridized carbons (Fsp3) is 0.938. The normalized spacial score (nSPS) is 37.6. The molecule has 5 heteroatoms. The summed E-state index contributed by atoms with van der Waals surface area (Å²) in [5.41, 5.74) is 0.0318. The minimum absolute atomic E-state index is 0.00909. The Labute approximate surface area is 128 Å². The van der Waals surface area contributed by atoms with Crippen molar-refractivity contribution in [3.05, 3.63) is 0 Å². The van der Waals surface area contributed by atoms with Crippen molar-refractivity contribution in [3.8, 4) is 0 Å². The van der Waals surface area contributed by atoms with E-state index in [0.717, 1.165) is 32.7 Å². The van der Waals surface area contributed by atoms with Gasteiger partial charge in [-0.25, -0.2) is 0 Å². The smallest absolute Gasteiger partial charge is 0.307 e. The highest BCUT2D eigenvalue weighted by Gasteiger charge is 2.51. The van der Waals surface area contributed by atoms with E-state index in [-0.39, 0.29) is 11.5 Å². The van der Waals surface area contributed by atoms with Crippen LogP contribution < -0.4 is 0 Å². The van der Waals surface area contributed by atoms with Crippen LogP contribution in [-0.2, 0) is 9.53 Å². The third-order valence-corrected chi connectivity index (χ3v) is 5.73. The Morgan fingerprint density at radius 3 is 2.33 bits per heavy atom. The second-order valence-electron chi connectivity index (χ2n) is 6.93. The molecule has 2 bridgehead atoms. The molecule has 120 valence electrons. The fourth-order valence-corrected chi connectivity index (χ4v) is 4.53. The lowest BCUT2D eigenvalue weighted by Gasteiger charge is -2.59. The molecule has 4 fully saturated rings. The van der Waals surface area contributed by atoms with E-state index in [1.165, 1.54) is 25.9 Å². The van der Waals surface area contributed by atoms with Crippen LogP contribution in [0.25, 0.3) is 0 Å². The summed E-state index contributed by atoms with van der Waals surface area (Å²) in [4.78, 5) is 19.8. The number of piperidine rings is 3. The Balaban J connectivity index is 1.79. The first kappa shape index (κ1) is 15.3. The number of carbonyl (C=O) groups excluding carboxylic acids is 1. The van der Waals surface area contributed by atoms with E-state index in [9.17, 15) is 4.79 Å². The van der Waals surface area contributed by atoms with Crippen molar-refractivity contribution >= 4 is 5.97 Å². The molecule has 0 aromatic rings. The van der Waals surface area contributed by atoms with E-state index < -0.39 is 0 Å². The zero-order valence-electron chi connectivity index (χ0n) is 13.5. The van der Waals surface area contributed by atoms with E-state index in [2.05, 4.69) is 21.7 Å². The largest absolute Gasteiger partial charge is 0.466 e. The SMILES string of the molecule is CCOC(=O)CC1(N2CCN(C)CC2)CN2CCC1CC2. The first-order valence-electron chi connectivity index (χ1n) is 8.45. The summed E-state index contributed by atoms with van der Waals surface area (Å²) in [5, 5.41) is 0. The molecule has 0 spiro atoms. The maximum atomic E-state index is 12.2. The molecule has 21 heavy (non-hydrogen) atoms. The van der Waals surface area contributed by atoms with E-state index in [1.54, 1.807) is 0 Å². The van der Waals surface area contributed by atoms with Crippen LogP contribution in [0.5, 0.6) is 0 Å². The van der Waals surface area contributed by atoms with Crippen LogP contribution in [0.15, 0.2) is 0 Å². The highest BCUT2D eigenvalue weighted by molar-refractivity contribution is 5.71. The predicted molar refractivity (Wildman–Crippen MR) is 82.2 cm³/mol.